The first-order valence-corrected chi connectivity index (χ1v) is 8.82. The minimum absolute atomic E-state index is 0.667. The van der Waals surface area contributed by atoms with Crippen LogP contribution in [0.15, 0.2) is 18.2 Å². The van der Waals surface area contributed by atoms with E-state index in [-0.39, 0.29) is 0 Å². The minimum Gasteiger partial charge on any atom is -0.492 e. The van der Waals surface area contributed by atoms with Crippen LogP contribution >= 0.6 is 11.6 Å². The molecular formula is C18H28ClNO. The lowest BCUT2D eigenvalue weighted by molar-refractivity contribution is 0.317. The third kappa shape index (κ3) is 5.88. The van der Waals surface area contributed by atoms with E-state index in [1.807, 2.05) is 12.1 Å². The summed E-state index contributed by atoms with van der Waals surface area (Å²) in [6, 6.07) is 6.81. The van der Waals surface area contributed by atoms with E-state index in [1.54, 1.807) is 0 Å². The lowest BCUT2D eigenvalue weighted by Gasteiger charge is -2.21. The van der Waals surface area contributed by atoms with Gasteiger partial charge in [0.1, 0.15) is 5.75 Å². The van der Waals surface area contributed by atoms with E-state index in [9.17, 15) is 0 Å². The fraction of sp³-hybridized carbons (Fsp3) is 0.667. The molecule has 0 bridgehead atoms. The highest BCUT2D eigenvalue weighted by Gasteiger charge is 2.11. The van der Waals surface area contributed by atoms with E-state index in [2.05, 4.69) is 18.3 Å². The van der Waals surface area contributed by atoms with Gasteiger partial charge in [0, 0.05) is 12.6 Å². The molecule has 0 atom stereocenters. The summed E-state index contributed by atoms with van der Waals surface area (Å²) < 4.78 is 5.61. The van der Waals surface area contributed by atoms with Gasteiger partial charge in [-0.25, -0.2) is 0 Å². The third-order valence-electron chi connectivity index (χ3n) is 4.16. The summed E-state index contributed by atoms with van der Waals surface area (Å²) in [5.41, 5.74) is 1.24. The van der Waals surface area contributed by atoms with Gasteiger partial charge in [-0.3, -0.25) is 0 Å². The van der Waals surface area contributed by atoms with E-state index in [1.165, 1.54) is 50.5 Å². The van der Waals surface area contributed by atoms with Crippen molar-refractivity contribution in [2.45, 2.75) is 70.9 Å². The lowest BCUT2D eigenvalue weighted by Crippen LogP contribution is -2.29. The summed E-state index contributed by atoms with van der Waals surface area (Å²) >= 11 is 6.28. The second kappa shape index (κ2) is 9.32. The van der Waals surface area contributed by atoms with Crippen LogP contribution in [0.25, 0.3) is 0 Å². The Morgan fingerprint density at radius 3 is 2.52 bits per heavy atom. The molecule has 1 aromatic rings. The summed E-state index contributed by atoms with van der Waals surface area (Å²) in [5, 5.41) is 4.42. The second-order valence-corrected chi connectivity index (χ2v) is 6.44. The number of hydrogen-bond donors (Lipinski definition) is 1. The average molecular weight is 310 g/mol. The number of nitrogens with one attached hydrogen (secondary N) is 1. The van der Waals surface area contributed by atoms with Gasteiger partial charge in [-0.2, -0.15) is 0 Å². The Morgan fingerprint density at radius 1 is 1.14 bits per heavy atom. The number of rotatable bonds is 6. The zero-order valence-electron chi connectivity index (χ0n) is 13.2. The van der Waals surface area contributed by atoms with Crippen LogP contribution < -0.4 is 10.1 Å². The molecule has 0 saturated heterocycles. The Kier molecular flexibility index (Phi) is 7.38. The molecule has 0 heterocycles. The van der Waals surface area contributed by atoms with Crippen molar-refractivity contribution in [1.29, 1.82) is 0 Å². The lowest BCUT2D eigenvalue weighted by atomic mass is 9.96. The first kappa shape index (κ1) is 16.6. The van der Waals surface area contributed by atoms with Gasteiger partial charge in [0.15, 0.2) is 0 Å². The Labute approximate surface area is 134 Å². The van der Waals surface area contributed by atoms with Crippen molar-refractivity contribution in [3.05, 3.63) is 28.8 Å². The maximum absolute atomic E-state index is 6.28. The fourth-order valence-electron chi connectivity index (χ4n) is 2.91. The van der Waals surface area contributed by atoms with Crippen LogP contribution in [0.5, 0.6) is 5.75 Å². The maximum atomic E-state index is 6.28. The van der Waals surface area contributed by atoms with E-state index in [0.717, 1.165) is 30.3 Å². The highest BCUT2D eigenvalue weighted by molar-refractivity contribution is 6.32. The predicted molar refractivity (Wildman–Crippen MR) is 90.2 cm³/mol. The Bertz CT molecular complexity index is 414. The summed E-state index contributed by atoms with van der Waals surface area (Å²) in [5.74, 6) is 0.799. The second-order valence-electron chi connectivity index (χ2n) is 6.04. The molecule has 2 nitrogen and oxygen atoms in total. The molecule has 1 saturated carbocycles. The number of ether oxygens (including phenoxy) is 1. The van der Waals surface area contributed by atoms with Gasteiger partial charge in [-0.05, 0) is 37.0 Å². The first-order chi connectivity index (χ1) is 10.3. The van der Waals surface area contributed by atoms with Crippen molar-refractivity contribution in [2.75, 3.05) is 6.61 Å². The molecule has 3 heteroatoms. The Hall–Kier alpha value is -0.730. The summed E-state index contributed by atoms with van der Waals surface area (Å²) in [4.78, 5) is 0. The predicted octanol–water partition coefficient (Wildman–Crippen LogP) is 5.33. The van der Waals surface area contributed by atoms with Crippen LogP contribution in [0.1, 0.15) is 63.9 Å². The molecule has 1 fully saturated rings. The first-order valence-electron chi connectivity index (χ1n) is 8.44. The molecule has 1 aliphatic carbocycles. The molecule has 118 valence electrons. The van der Waals surface area contributed by atoms with Crippen molar-refractivity contribution in [2.24, 2.45) is 0 Å². The van der Waals surface area contributed by atoms with Gasteiger partial charge < -0.3 is 10.1 Å². The molecule has 0 spiro atoms. The van der Waals surface area contributed by atoms with Crippen molar-refractivity contribution in [3.63, 3.8) is 0 Å². The average Bonchev–Trinajstić information content (AvgIpc) is 2.45. The highest BCUT2D eigenvalue weighted by atomic mass is 35.5. The molecule has 0 unspecified atom stereocenters. The van der Waals surface area contributed by atoms with Gasteiger partial charge in [0.25, 0.3) is 0 Å². The standard InChI is InChI=1S/C18H28ClNO/c1-2-12-21-18-11-10-15(13-17(18)19)14-20-16-8-6-4-3-5-7-9-16/h10-11,13,16,20H,2-9,12,14H2,1H3. The molecule has 2 rings (SSSR count). The van der Waals surface area contributed by atoms with Gasteiger partial charge in [0.05, 0.1) is 11.6 Å². The van der Waals surface area contributed by atoms with Gasteiger partial charge in [-0.15, -0.1) is 0 Å². The van der Waals surface area contributed by atoms with E-state index in [4.69, 9.17) is 16.3 Å². The number of hydrogen-bond acceptors (Lipinski definition) is 2. The number of halogens is 1. The highest BCUT2D eigenvalue weighted by Crippen LogP contribution is 2.26. The molecule has 0 aromatic heterocycles. The molecule has 0 amide bonds. The van der Waals surface area contributed by atoms with E-state index < -0.39 is 0 Å². The third-order valence-corrected chi connectivity index (χ3v) is 4.45. The van der Waals surface area contributed by atoms with Gasteiger partial charge in [0.2, 0.25) is 0 Å². The summed E-state index contributed by atoms with van der Waals surface area (Å²) in [6.07, 6.45) is 10.6. The molecular weight excluding hydrogens is 282 g/mol. The normalized spacial score (nSPS) is 17.2. The Balaban J connectivity index is 1.83. The Morgan fingerprint density at radius 2 is 1.86 bits per heavy atom. The quantitative estimate of drug-likeness (QED) is 0.766. The molecule has 0 radical (unpaired) electrons. The van der Waals surface area contributed by atoms with Crippen LogP contribution in [0, 0.1) is 0 Å². The van der Waals surface area contributed by atoms with E-state index >= 15 is 0 Å². The summed E-state index contributed by atoms with van der Waals surface area (Å²) in [6.45, 7) is 3.72. The monoisotopic (exact) mass is 309 g/mol. The van der Waals surface area contributed by atoms with Crippen LogP contribution in [0.2, 0.25) is 5.02 Å². The van der Waals surface area contributed by atoms with Crippen LogP contribution in [0.4, 0.5) is 0 Å². The zero-order chi connectivity index (χ0) is 14.9. The molecule has 0 aliphatic heterocycles. The minimum atomic E-state index is 0.667. The topological polar surface area (TPSA) is 21.3 Å². The van der Waals surface area contributed by atoms with Crippen LogP contribution in [-0.4, -0.2) is 12.6 Å². The SMILES string of the molecule is CCCOc1ccc(CNC2CCCCCCC2)cc1Cl. The van der Waals surface area contributed by atoms with Gasteiger partial charge >= 0.3 is 0 Å². The molecule has 1 aromatic carbocycles. The largest absolute Gasteiger partial charge is 0.492 e. The van der Waals surface area contributed by atoms with Crippen LogP contribution in [0.3, 0.4) is 0 Å². The zero-order valence-corrected chi connectivity index (χ0v) is 13.9. The van der Waals surface area contributed by atoms with Crippen molar-refractivity contribution >= 4 is 11.6 Å². The van der Waals surface area contributed by atoms with Crippen LogP contribution in [-0.2, 0) is 6.54 Å². The smallest absolute Gasteiger partial charge is 0.137 e. The molecule has 1 N–H and O–H groups in total. The maximum Gasteiger partial charge on any atom is 0.137 e. The molecule has 1 aliphatic rings. The molecule has 21 heavy (non-hydrogen) atoms. The summed E-state index contributed by atoms with van der Waals surface area (Å²) in [7, 11) is 0. The van der Waals surface area contributed by atoms with Crippen molar-refractivity contribution in [3.8, 4) is 5.75 Å². The van der Waals surface area contributed by atoms with Crippen molar-refractivity contribution in [1.82, 2.24) is 5.32 Å². The number of benzene rings is 1. The van der Waals surface area contributed by atoms with Crippen molar-refractivity contribution < 1.29 is 4.74 Å². The van der Waals surface area contributed by atoms with E-state index in [0.29, 0.717) is 6.04 Å². The van der Waals surface area contributed by atoms with Gasteiger partial charge in [-0.1, -0.05) is 56.7 Å². The fourth-order valence-corrected chi connectivity index (χ4v) is 3.16.